The highest BCUT2D eigenvalue weighted by molar-refractivity contribution is 7.94. The number of carboxylic acid groups (broad SMARTS) is 1. The van der Waals surface area contributed by atoms with Crippen LogP contribution in [0.3, 0.4) is 0 Å². The number of carbonyl (C=O) groups excluding carboxylic acids is 2. The number of nitrogens with zero attached hydrogens (tertiary/aromatic N) is 4. The van der Waals surface area contributed by atoms with E-state index in [0.29, 0.717) is 30.4 Å². The van der Waals surface area contributed by atoms with Crippen molar-refractivity contribution in [3.05, 3.63) is 52.3 Å². The average molecular weight is 587 g/mol. The molecular weight excluding hydrogens is 552 g/mol. The standard InChI is InChI=1S/C27H34N6O7S/c1-26(2,17-40-13-11-29-25(36)37)41(38,39)27(9-10-27)16-33-12-8-20-21(31-32(3)22(20)24(33)35)23(34)30-15-19-6-4-18(14-28)5-7-19/h4-7,29H,8-13,15-17H2,1-3H3,(H,30,34)(H,36,37). The molecule has 220 valence electrons. The van der Waals surface area contributed by atoms with Gasteiger partial charge in [-0.25, -0.2) is 13.2 Å². The number of benzene rings is 1. The Labute approximate surface area is 238 Å². The van der Waals surface area contributed by atoms with E-state index in [9.17, 15) is 22.8 Å². The normalized spacial score (nSPS) is 16.0. The first-order chi connectivity index (χ1) is 19.3. The van der Waals surface area contributed by atoms with Gasteiger partial charge in [0.25, 0.3) is 11.8 Å². The van der Waals surface area contributed by atoms with E-state index < -0.39 is 31.3 Å². The fourth-order valence-electron chi connectivity index (χ4n) is 5.08. The second-order valence-electron chi connectivity index (χ2n) is 11.0. The summed E-state index contributed by atoms with van der Waals surface area (Å²) in [6.07, 6.45) is 0.0127. The van der Waals surface area contributed by atoms with E-state index in [1.165, 1.54) is 9.58 Å². The number of nitrogens with one attached hydrogen (secondary N) is 2. The first-order valence-corrected chi connectivity index (χ1v) is 14.7. The maximum atomic E-state index is 13.7. The molecule has 14 heteroatoms. The predicted octanol–water partition coefficient (Wildman–Crippen LogP) is 1.23. The minimum absolute atomic E-state index is 0.0308. The molecule has 1 aromatic heterocycles. The zero-order valence-electron chi connectivity index (χ0n) is 23.3. The van der Waals surface area contributed by atoms with Gasteiger partial charge in [-0.1, -0.05) is 12.1 Å². The average Bonchev–Trinajstić information content (AvgIpc) is 3.64. The summed E-state index contributed by atoms with van der Waals surface area (Å²) in [5.41, 5.74) is 2.29. The maximum Gasteiger partial charge on any atom is 0.404 e. The molecule has 0 atom stereocenters. The highest BCUT2D eigenvalue weighted by Crippen LogP contribution is 2.49. The van der Waals surface area contributed by atoms with Crippen molar-refractivity contribution in [2.75, 3.05) is 32.8 Å². The largest absolute Gasteiger partial charge is 0.465 e. The topological polar surface area (TPSA) is 184 Å². The molecule has 0 unspecified atom stereocenters. The molecule has 1 fully saturated rings. The molecule has 13 nitrogen and oxygen atoms in total. The van der Waals surface area contributed by atoms with E-state index in [0.717, 1.165) is 5.56 Å². The summed E-state index contributed by atoms with van der Waals surface area (Å²) in [5, 5.41) is 26.9. The van der Waals surface area contributed by atoms with Crippen LogP contribution in [0.1, 0.15) is 64.4 Å². The van der Waals surface area contributed by atoms with Crippen LogP contribution in [0, 0.1) is 11.3 Å². The summed E-state index contributed by atoms with van der Waals surface area (Å²) >= 11 is 0. The van der Waals surface area contributed by atoms with E-state index in [1.807, 2.05) is 6.07 Å². The van der Waals surface area contributed by atoms with Gasteiger partial charge < -0.3 is 25.4 Å². The van der Waals surface area contributed by atoms with E-state index >= 15 is 0 Å². The van der Waals surface area contributed by atoms with Crippen LogP contribution >= 0.6 is 0 Å². The van der Waals surface area contributed by atoms with Crippen molar-refractivity contribution in [3.63, 3.8) is 0 Å². The van der Waals surface area contributed by atoms with Crippen molar-refractivity contribution in [3.8, 4) is 6.07 Å². The number of amides is 3. The minimum Gasteiger partial charge on any atom is -0.465 e. The van der Waals surface area contributed by atoms with Gasteiger partial charge in [-0.2, -0.15) is 10.4 Å². The zero-order valence-corrected chi connectivity index (χ0v) is 24.1. The Balaban J connectivity index is 1.42. The summed E-state index contributed by atoms with van der Waals surface area (Å²) < 4.78 is 31.9. The second-order valence-corrected chi connectivity index (χ2v) is 14.0. The molecule has 3 amide bonds. The van der Waals surface area contributed by atoms with Crippen molar-refractivity contribution >= 4 is 27.7 Å². The molecule has 1 aliphatic heterocycles. The number of ether oxygens (including phenoxy) is 1. The van der Waals surface area contributed by atoms with Crippen LogP contribution < -0.4 is 10.6 Å². The van der Waals surface area contributed by atoms with Gasteiger partial charge in [-0.3, -0.25) is 14.3 Å². The predicted molar refractivity (Wildman–Crippen MR) is 147 cm³/mol. The fraction of sp³-hybridized carbons (Fsp3) is 0.519. The molecule has 2 heterocycles. The number of carbonyl (C=O) groups is 3. The fourth-order valence-corrected chi connectivity index (χ4v) is 7.45. The van der Waals surface area contributed by atoms with Gasteiger partial charge in [-0.05, 0) is 50.8 Å². The third-order valence-corrected chi connectivity index (χ3v) is 10.8. The number of aromatic nitrogens is 2. The smallest absolute Gasteiger partial charge is 0.404 e. The first kappa shape index (κ1) is 30.0. The van der Waals surface area contributed by atoms with Crippen molar-refractivity contribution in [2.24, 2.45) is 7.05 Å². The quantitative estimate of drug-likeness (QED) is 0.308. The molecule has 1 aliphatic carbocycles. The highest BCUT2D eigenvalue weighted by Gasteiger charge is 2.61. The van der Waals surface area contributed by atoms with Gasteiger partial charge in [0, 0.05) is 38.8 Å². The third kappa shape index (κ3) is 6.06. The zero-order chi connectivity index (χ0) is 30.0. The lowest BCUT2D eigenvalue weighted by Gasteiger charge is -2.35. The molecule has 4 rings (SSSR count). The Morgan fingerprint density at radius 1 is 1.22 bits per heavy atom. The van der Waals surface area contributed by atoms with Gasteiger partial charge in [0.15, 0.2) is 15.5 Å². The summed E-state index contributed by atoms with van der Waals surface area (Å²) in [7, 11) is -2.16. The van der Waals surface area contributed by atoms with E-state index in [2.05, 4.69) is 15.7 Å². The first-order valence-electron chi connectivity index (χ1n) is 13.2. The Morgan fingerprint density at radius 2 is 1.90 bits per heavy atom. The van der Waals surface area contributed by atoms with E-state index in [4.69, 9.17) is 15.1 Å². The minimum atomic E-state index is -3.75. The summed E-state index contributed by atoms with van der Waals surface area (Å²) in [4.78, 5) is 38.6. The van der Waals surface area contributed by atoms with Crippen LogP contribution in [0.25, 0.3) is 0 Å². The van der Waals surface area contributed by atoms with Crippen molar-refractivity contribution in [2.45, 2.75) is 49.1 Å². The van der Waals surface area contributed by atoms with E-state index in [-0.39, 0.29) is 56.7 Å². The van der Waals surface area contributed by atoms with Gasteiger partial charge in [0.2, 0.25) is 0 Å². The monoisotopic (exact) mass is 586 g/mol. The van der Waals surface area contributed by atoms with Gasteiger partial charge in [-0.15, -0.1) is 0 Å². The molecule has 1 saturated carbocycles. The molecule has 0 bridgehead atoms. The van der Waals surface area contributed by atoms with Crippen LogP contribution in [-0.4, -0.2) is 88.5 Å². The summed E-state index contributed by atoms with van der Waals surface area (Å²) in [6, 6.07) is 8.87. The number of rotatable bonds is 12. The number of aryl methyl sites for hydroxylation is 1. The number of fused-ring (bicyclic) bond motifs is 1. The van der Waals surface area contributed by atoms with Crippen LogP contribution in [0.5, 0.6) is 0 Å². The van der Waals surface area contributed by atoms with Crippen molar-refractivity contribution < 1.29 is 32.6 Å². The lowest BCUT2D eigenvalue weighted by atomic mass is 10.0. The Bertz CT molecular complexity index is 1490. The second kappa shape index (κ2) is 11.5. The van der Waals surface area contributed by atoms with Crippen molar-refractivity contribution in [1.29, 1.82) is 5.26 Å². The summed E-state index contributed by atoms with van der Waals surface area (Å²) in [6.45, 7) is 3.63. The van der Waals surface area contributed by atoms with Crippen LogP contribution in [0.4, 0.5) is 4.79 Å². The van der Waals surface area contributed by atoms with E-state index in [1.54, 1.807) is 45.2 Å². The van der Waals surface area contributed by atoms with Crippen LogP contribution in [-0.2, 0) is 34.6 Å². The molecule has 2 aromatic rings. The molecule has 41 heavy (non-hydrogen) atoms. The third-order valence-electron chi connectivity index (χ3n) is 7.57. The van der Waals surface area contributed by atoms with Gasteiger partial charge >= 0.3 is 6.09 Å². The molecular formula is C27H34N6O7S. The molecule has 0 saturated heterocycles. The SMILES string of the molecule is Cn1nc(C(=O)NCc2ccc(C#N)cc2)c2c1C(=O)N(CC1(S(=O)(=O)C(C)(C)COCCNC(=O)O)CC1)CC2. The number of hydrogen-bond acceptors (Lipinski definition) is 8. The molecule has 0 radical (unpaired) electrons. The lowest BCUT2D eigenvalue weighted by Crippen LogP contribution is -2.52. The Morgan fingerprint density at radius 3 is 2.51 bits per heavy atom. The molecule has 1 aromatic carbocycles. The maximum absolute atomic E-state index is 13.7. The number of sulfone groups is 1. The molecule has 2 aliphatic rings. The van der Waals surface area contributed by atoms with Crippen LogP contribution in [0.15, 0.2) is 24.3 Å². The Kier molecular flexibility index (Phi) is 8.41. The van der Waals surface area contributed by atoms with Gasteiger partial charge in [0.1, 0.15) is 5.69 Å². The Hall–Kier alpha value is -3.96. The molecule has 0 spiro atoms. The van der Waals surface area contributed by atoms with Crippen molar-refractivity contribution in [1.82, 2.24) is 25.3 Å². The number of hydrogen-bond donors (Lipinski definition) is 3. The summed E-state index contributed by atoms with van der Waals surface area (Å²) in [5.74, 6) is -0.795. The lowest BCUT2D eigenvalue weighted by molar-refractivity contribution is 0.0723. The van der Waals surface area contributed by atoms with Gasteiger partial charge in [0.05, 0.1) is 34.3 Å². The molecule has 3 N–H and O–H groups in total. The highest BCUT2D eigenvalue weighted by atomic mass is 32.2. The van der Waals surface area contributed by atoms with Crippen LogP contribution in [0.2, 0.25) is 0 Å². The number of nitriles is 1.